The Labute approximate surface area is 79.7 Å². The van der Waals surface area contributed by atoms with Crippen molar-refractivity contribution in [3.8, 4) is 11.3 Å². The van der Waals surface area contributed by atoms with Crippen molar-refractivity contribution < 1.29 is 14.6 Å². The molecule has 5 heteroatoms. The first kappa shape index (κ1) is 8.71. The van der Waals surface area contributed by atoms with E-state index in [1.165, 1.54) is 0 Å². The molecular weight excluding hydrogens is 184 g/mol. The van der Waals surface area contributed by atoms with Crippen LogP contribution in [0.2, 0.25) is 0 Å². The Morgan fingerprint density at radius 1 is 1.36 bits per heavy atom. The molecule has 0 bridgehead atoms. The molecule has 2 aromatic rings. The Balaban J connectivity index is 2.52. The third kappa shape index (κ3) is 1.33. The number of aliphatic hydroxyl groups excluding tert-OH is 1. The summed E-state index contributed by atoms with van der Waals surface area (Å²) in [6, 6.07) is 9.07. The molecule has 0 spiro atoms. The predicted octanol–water partition coefficient (Wildman–Crippen LogP) is 0.467. The molecule has 1 heterocycles. The number of hydrogen-bond acceptors (Lipinski definition) is 4. The van der Waals surface area contributed by atoms with Crippen LogP contribution in [0.15, 0.2) is 35.0 Å². The molecule has 2 rings (SSSR count). The Morgan fingerprint density at radius 2 is 2.07 bits per heavy atom. The topological polar surface area (TPSA) is 73.2 Å². The number of benzene rings is 1. The standard InChI is InChI=1S/C9H8N2O3/c12-6-8-9(10-14-11(8)13)7-4-2-1-3-5-7/h1-5,12H,6H2. The lowest BCUT2D eigenvalue weighted by Gasteiger charge is -1.93. The average molecular weight is 192 g/mol. The molecule has 0 amide bonds. The van der Waals surface area contributed by atoms with E-state index in [4.69, 9.17) is 5.11 Å². The number of aromatic nitrogens is 2. The minimum atomic E-state index is -0.392. The molecule has 5 nitrogen and oxygen atoms in total. The van der Waals surface area contributed by atoms with Crippen molar-refractivity contribution in [1.29, 1.82) is 0 Å². The number of nitrogens with zero attached hydrogens (tertiary/aromatic N) is 2. The molecule has 0 aliphatic carbocycles. The first-order valence-electron chi connectivity index (χ1n) is 4.08. The Bertz CT molecular complexity index is 425. The molecule has 0 aliphatic heterocycles. The average Bonchev–Trinajstić information content (AvgIpc) is 2.61. The number of aliphatic hydroxyl groups is 1. The van der Waals surface area contributed by atoms with Crippen molar-refractivity contribution in [3.05, 3.63) is 41.2 Å². The van der Waals surface area contributed by atoms with Crippen LogP contribution in [0.3, 0.4) is 0 Å². The lowest BCUT2D eigenvalue weighted by Crippen LogP contribution is -2.28. The van der Waals surface area contributed by atoms with Gasteiger partial charge in [0.25, 0.3) is 5.69 Å². The third-order valence-corrected chi connectivity index (χ3v) is 1.90. The van der Waals surface area contributed by atoms with E-state index in [9.17, 15) is 5.21 Å². The molecule has 1 aromatic heterocycles. The fraction of sp³-hybridized carbons (Fsp3) is 0.111. The summed E-state index contributed by atoms with van der Waals surface area (Å²) >= 11 is 0. The van der Waals surface area contributed by atoms with Gasteiger partial charge in [-0.05, 0) is 4.90 Å². The third-order valence-electron chi connectivity index (χ3n) is 1.90. The lowest BCUT2D eigenvalue weighted by molar-refractivity contribution is -0.809. The SMILES string of the molecule is [O-][n+]1onc(-c2ccccc2)c1CO. The summed E-state index contributed by atoms with van der Waals surface area (Å²) < 4.78 is 4.39. The molecule has 0 radical (unpaired) electrons. The summed E-state index contributed by atoms with van der Waals surface area (Å²) in [6.45, 7) is -0.392. The van der Waals surface area contributed by atoms with E-state index in [-0.39, 0.29) is 10.6 Å². The first-order valence-corrected chi connectivity index (χ1v) is 4.08. The summed E-state index contributed by atoms with van der Waals surface area (Å²) in [4.78, 5) is 0.211. The van der Waals surface area contributed by atoms with Crippen LogP contribution < -0.4 is 4.90 Å². The zero-order valence-corrected chi connectivity index (χ0v) is 7.25. The van der Waals surface area contributed by atoms with E-state index in [0.29, 0.717) is 5.69 Å². The van der Waals surface area contributed by atoms with Gasteiger partial charge in [0.15, 0.2) is 0 Å². The maximum atomic E-state index is 11.0. The van der Waals surface area contributed by atoms with Crippen molar-refractivity contribution in [2.45, 2.75) is 6.61 Å². The highest BCUT2D eigenvalue weighted by Gasteiger charge is 2.19. The summed E-state index contributed by atoms with van der Waals surface area (Å²) in [7, 11) is 0. The molecule has 0 saturated carbocycles. The van der Waals surface area contributed by atoms with Crippen LogP contribution in [-0.4, -0.2) is 10.3 Å². The molecular formula is C9H8N2O3. The lowest BCUT2D eigenvalue weighted by atomic mass is 10.1. The summed E-state index contributed by atoms with van der Waals surface area (Å²) in [5.74, 6) is 0. The quantitative estimate of drug-likeness (QED) is 0.702. The molecule has 0 saturated heterocycles. The zero-order chi connectivity index (χ0) is 9.97. The second kappa shape index (κ2) is 3.47. The Morgan fingerprint density at radius 3 is 2.71 bits per heavy atom. The molecule has 1 aromatic carbocycles. The highest BCUT2D eigenvalue weighted by Crippen LogP contribution is 2.18. The fourth-order valence-electron chi connectivity index (χ4n) is 1.21. The van der Waals surface area contributed by atoms with Gasteiger partial charge in [-0.15, -0.1) is 0 Å². The van der Waals surface area contributed by atoms with Gasteiger partial charge < -0.3 is 10.3 Å². The minimum absolute atomic E-state index is 0.121. The Hall–Kier alpha value is -1.88. The number of rotatable bonds is 2. The van der Waals surface area contributed by atoms with Gasteiger partial charge in [0.2, 0.25) is 5.69 Å². The van der Waals surface area contributed by atoms with Gasteiger partial charge in [0, 0.05) is 10.7 Å². The van der Waals surface area contributed by atoms with Crippen LogP contribution in [0.25, 0.3) is 11.3 Å². The fourth-order valence-corrected chi connectivity index (χ4v) is 1.21. The van der Waals surface area contributed by atoms with Crippen LogP contribution >= 0.6 is 0 Å². The molecule has 0 unspecified atom stereocenters. The Kier molecular flexibility index (Phi) is 2.16. The van der Waals surface area contributed by atoms with E-state index < -0.39 is 6.61 Å². The number of hydrogen-bond donors (Lipinski definition) is 1. The summed E-state index contributed by atoms with van der Waals surface area (Å²) in [5, 5.41) is 23.5. The molecule has 1 N–H and O–H groups in total. The van der Waals surface area contributed by atoms with Crippen LogP contribution in [0.4, 0.5) is 0 Å². The van der Waals surface area contributed by atoms with Crippen molar-refractivity contribution in [1.82, 2.24) is 5.16 Å². The van der Waals surface area contributed by atoms with E-state index in [1.807, 2.05) is 18.2 Å². The van der Waals surface area contributed by atoms with E-state index >= 15 is 0 Å². The van der Waals surface area contributed by atoms with Crippen LogP contribution in [-0.2, 0) is 6.61 Å². The van der Waals surface area contributed by atoms with Gasteiger partial charge in [-0.2, -0.15) is 0 Å². The van der Waals surface area contributed by atoms with Crippen molar-refractivity contribution in [2.75, 3.05) is 0 Å². The van der Waals surface area contributed by atoms with Crippen LogP contribution in [0.5, 0.6) is 0 Å². The van der Waals surface area contributed by atoms with Gasteiger partial charge in [0.05, 0.1) is 0 Å². The minimum Gasteiger partial charge on any atom is -0.388 e. The highest BCUT2D eigenvalue weighted by molar-refractivity contribution is 5.59. The maximum absolute atomic E-state index is 11.0. The maximum Gasteiger partial charge on any atom is 0.253 e. The predicted molar refractivity (Wildman–Crippen MR) is 46.8 cm³/mol. The summed E-state index contributed by atoms with van der Waals surface area (Å²) in [6.07, 6.45) is 0. The monoisotopic (exact) mass is 192 g/mol. The van der Waals surface area contributed by atoms with Crippen LogP contribution in [0.1, 0.15) is 5.69 Å². The van der Waals surface area contributed by atoms with E-state index in [0.717, 1.165) is 5.56 Å². The first-order chi connectivity index (χ1) is 6.83. The summed E-state index contributed by atoms with van der Waals surface area (Å²) in [5.41, 5.74) is 1.24. The van der Waals surface area contributed by atoms with E-state index in [2.05, 4.69) is 9.79 Å². The molecule has 0 aliphatic rings. The van der Waals surface area contributed by atoms with Crippen molar-refractivity contribution in [3.63, 3.8) is 0 Å². The smallest absolute Gasteiger partial charge is 0.253 e. The second-order valence-electron chi connectivity index (χ2n) is 2.75. The van der Waals surface area contributed by atoms with Gasteiger partial charge in [0.1, 0.15) is 6.61 Å². The van der Waals surface area contributed by atoms with Crippen molar-refractivity contribution in [2.24, 2.45) is 0 Å². The molecule has 72 valence electrons. The second-order valence-corrected chi connectivity index (χ2v) is 2.75. The van der Waals surface area contributed by atoms with E-state index in [1.54, 1.807) is 12.1 Å². The molecule has 0 atom stereocenters. The largest absolute Gasteiger partial charge is 0.388 e. The molecule has 14 heavy (non-hydrogen) atoms. The van der Waals surface area contributed by atoms with Gasteiger partial charge in [-0.1, -0.05) is 30.3 Å². The molecule has 0 fully saturated rings. The normalized spacial score (nSPS) is 10.4. The van der Waals surface area contributed by atoms with Gasteiger partial charge >= 0.3 is 0 Å². The van der Waals surface area contributed by atoms with Gasteiger partial charge in [-0.25, -0.2) is 0 Å². The zero-order valence-electron chi connectivity index (χ0n) is 7.25. The van der Waals surface area contributed by atoms with Crippen molar-refractivity contribution >= 4 is 0 Å². The highest BCUT2D eigenvalue weighted by atomic mass is 16.8. The van der Waals surface area contributed by atoms with Gasteiger partial charge in [-0.3, -0.25) is 4.63 Å². The van der Waals surface area contributed by atoms with Crippen LogP contribution in [0, 0.1) is 5.21 Å².